The summed E-state index contributed by atoms with van der Waals surface area (Å²) >= 11 is 0. The van der Waals surface area contributed by atoms with Crippen LogP contribution in [0.1, 0.15) is 5.56 Å². The van der Waals surface area contributed by atoms with E-state index >= 15 is 0 Å². The lowest BCUT2D eigenvalue weighted by Gasteiger charge is -1.88. The molecular weight excluding hydrogens is 140 g/mol. The highest BCUT2D eigenvalue weighted by molar-refractivity contribution is 5.79. The number of aromatic hydroxyl groups is 1. The van der Waals surface area contributed by atoms with Gasteiger partial charge in [-0.25, -0.2) is 0 Å². The Morgan fingerprint density at radius 2 is 2.09 bits per heavy atom. The number of hydrogen-bond acceptors (Lipinski definition) is 2. The van der Waals surface area contributed by atoms with E-state index in [1.54, 1.807) is 6.07 Å². The van der Waals surface area contributed by atoms with Gasteiger partial charge in [-0.3, -0.25) is 0 Å². The minimum Gasteiger partial charge on any atom is -0.481 e. The lowest BCUT2D eigenvalue weighted by atomic mass is 10.2. The molecule has 0 atom stereocenters. The number of hydrogen-bond donors (Lipinski definition) is 1. The molecule has 0 radical (unpaired) electrons. The highest BCUT2D eigenvalue weighted by atomic mass is 16.5. The van der Waals surface area contributed by atoms with E-state index in [4.69, 9.17) is 9.52 Å². The van der Waals surface area contributed by atoms with Crippen molar-refractivity contribution >= 4 is 11.0 Å². The summed E-state index contributed by atoms with van der Waals surface area (Å²) in [6.07, 6.45) is 0. The van der Waals surface area contributed by atoms with Crippen molar-refractivity contribution in [1.29, 1.82) is 0 Å². The molecule has 0 amide bonds. The molecule has 0 unspecified atom stereocenters. The Hall–Kier alpha value is -1.44. The van der Waals surface area contributed by atoms with Crippen LogP contribution < -0.4 is 0 Å². The molecule has 56 valence electrons. The summed E-state index contributed by atoms with van der Waals surface area (Å²) in [5.41, 5.74) is 1.87. The highest BCUT2D eigenvalue weighted by Crippen LogP contribution is 2.23. The molecule has 2 heteroatoms. The quantitative estimate of drug-likeness (QED) is 0.622. The van der Waals surface area contributed by atoms with Crippen molar-refractivity contribution in [2.45, 2.75) is 6.92 Å². The predicted octanol–water partition coefficient (Wildman–Crippen LogP) is 2.45. The number of furan rings is 1. The number of benzene rings is 1. The molecule has 0 aliphatic rings. The van der Waals surface area contributed by atoms with Gasteiger partial charge in [0.05, 0.1) is 0 Å². The number of aryl methyl sites for hydroxylation is 1. The van der Waals surface area contributed by atoms with Gasteiger partial charge in [0.25, 0.3) is 5.95 Å². The van der Waals surface area contributed by atoms with Crippen molar-refractivity contribution in [2.24, 2.45) is 0 Å². The van der Waals surface area contributed by atoms with E-state index in [1.165, 1.54) is 0 Å². The number of rotatable bonds is 0. The molecule has 0 aliphatic heterocycles. The normalized spacial score (nSPS) is 10.6. The van der Waals surface area contributed by atoms with Crippen molar-refractivity contribution in [1.82, 2.24) is 0 Å². The zero-order valence-corrected chi connectivity index (χ0v) is 6.16. The SMILES string of the molecule is Cc1ccc2cc(O)oc2c1. The third-order valence-electron chi connectivity index (χ3n) is 1.66. The van der Waals surface area contributed by atoms with Crippen LogP contribution in [-0.2, 0) is 0 Å². The van der Waals surface area contributed by atoms with Gasteiger partial charge in [0.1, 0.15) is 5.58 Å². The smallest absolute Gasteiger partial charge is 0.282 e. The monoisotopic (exact) mass is 148 g/mol. The largest absolute Gasteiger partial charge is 0.481 e. The first kappa shape index (κ1) is 6.28. The van der Waals surface area contributed by atoms with Gasteiger partial charge < -0.3 is 9.52 Å². The van der Waals surface area contributed by atoms with E-state index in [0.717, 1.165) is 16.5 Å². The predicted molar refractivity (Wildman–Crippen MR) is 42.6 cm³/mol. The summed E-state index contributed by atoms with van der Waals surface area (Å²) in [5, 5.41) is 9.92. The third kappa shape index (κ3) is 0.963. The minimum absolute atomic E-state index is 0.0226. The van der Waals surface area contributed by atoms with Crippen molar-refractivity contribution < 1.29 is 9.52 Å². The van der Waals surface area contributed by atoms with Crippen LogP contribution in [0.25, 0.3) is 11.0 Å². The lowest BCUT2D eigenvalue weighted by molar-refractivity contribution is 0.346. The Bertz CT molecular complexity index is 387. The van der Waals surface area contributed by atoms with Gasteiger partial charge in [-0.05, 0) is 18.6 Å². The van der Waals surface area contributed by atoms with Crippen molar-refractivity contribution in [2.75, 3.05) is 0 Å². The zero-order chi connectivity index (χ0) is 7.84. The van der Waals surface area contributed by atoms with Gasteiger partial charge >= 0.3 is 0 Å². The van der Waals surface area contributed by atoms with Crippen LogP contribution in [0, 0.1) is 6.92 Å². The molecule has 11 heavy (non-hydrogen) atoms. The van der Waals surface area contributed by atoms with Crippen LogP contribution in [0.2, 0.25) is 0 Å². The first-order chi connectivity index (χ1) is 5.25. The van der Waals surface area contributed by atoms with Gasteiger partial charge in [0.15, 0.2) is 0 Å². The fourth-order valence-electron chi connectivity index (χ4n) is 1.12. The average Bonchev–Trinajstić information content (AvgIpc) is 2.27. The molecule has 0 spiro atoms. The molecule has 0 saturated heterocycles. The Kier molecular flexibility index (Phi) is 1.15. The Balaban J connectivity index is 2.82. The second-order valence-corrected chi connectivity index (χ2v) is 2.63. The second-order valence-electron chi connectivity index (χ2n) is 2.63. The van der Waals surface area contributed by atoms with Crippen LogP contribution in [-0.4, -0.2) is 5.11 Å². The molecule has 2 rings (SSSR count). The maximum absolute atomic E-state index is 8.98. The van der Waals surface area contributed by atoms with Crippen molar-refractivity contribution in [3.63, 3.8) is 0 Å². The van der Waals surface area contributed by atoms with E-state index < -0.39 is 0 Å². The van der Waals surface area contributed by atoms with E-state index in [0.29, 0.717) is 0 Å². The van der Waals surface area contributed by atoms with E-state index in [2.05, 4.69) is 0 Å². The van der Waals surface area contributed by atoms with E-state index in [9.17, 15) is 0 Å². The molecule has 2 aromatic rings. The summed E-state index contributed by atoms with van der Waals surface area (Å²) in [7, 11) is 0. The van der Waals surface area contributed by atoms with Crippen LogP contribution in [0.4, 0.5) is 0 Å². The lowest BCUT2D eigenvalue weighted by Crippen LogP contribution is -1.67. The van der Waals surface area contributed by atoms with Crippen LogP contribution in [0.3, 0.4) is 0 Å². The van der Waals surface area contributed by atoms with Gasteiger partial charge in [-0.1, -0.05) is 12.1 Å². The fraction of sp³-hybridized carbons (Fsp3) is 0.111. The van der Waals surface area contributed by atoms with Gasteiger partial charge in [-0.2, -0.15) is 0 Å². The summed E-state index contributed by atoms with van der Waals surface area (Å²) in [4.78, 5) is 0. The second kappa shape index (κ2) is 2.02. The maximum atomic E-state index is 8.98. The van der Waals surface area contributed by atoms with Gasteiger partial charge in [0.2, 0.25) is 0 Å². The Morgan fingerprint density at radius 3 is 2.91 bits per heavy atom. The molecule has 1 heterocycles. The van der Waals surface area contributed by atoms with E-state index in [1.807, 2.05) is 25.1 Å². The van der Waals surface area contributed by atoms with Gasteiger partial charge in [0, 0.05) is 11.5 Å². The zero-order valence-electron chi connectivity index (χ0n) is 6.16. The summed E-state index contributed by atoms with van der Waals surface area (Å²) in [6.45, 7) is 1.99. The highest BCUT2D eigenvalue weighted by Gasteiger charge is 2.00. The van der Waals surface area contributed by atoms with Gasteiger partial charge in [-0.15, -0.1) is 0 Å². The molecular formula is C9H8O2. The first-order valence-electron chi connectivity index (χ1n) is 3.45. The Labute approximate surface area is 64.1 Å². The number of fused-ring (bicyclic) bond motifs is 1. The molecule has 0 saturated carbocycles. The van der Waals surface area contributed by atoms with Crippen LogP contribution in [0.15, 0.2) is 28.7 Å². The van der Waals surface area contributed by atoms with Crippen LogP contribution >= 0.6 is 0 Å². The standard InChI is InChI=1S/C9H8O2/c1-6-2-3-7-5-9(10)11-8(7)4-6/h2-5,10H,1H3. The molecule has 0 aliphatic carbocycles. The van der Waals surface area contributed by atoms with Crippen molar-refractivity contribution in [3.8, 4) is 5.95 Å². The maximum Gasteiger partial charge on any atom is 0.282 e. The molecule has 1 aromatic heterocycles. The average molecular weight is 148 g/mol. The summed E-state index contributed by atoms with van der Waals surface area (Å²) in [5.74, 6) is -0.0226. The Morgan fingerprint density at radius 1 is 1.27 bits per heavy atom. The fourth-order valence-corrected chi connectivity index (χ4v) is 1.12. The minimum atomic E-state index is -0.0226. The molecule has 0 fully saturated rings. The van der Waals surface area contributed by atoms with Crippen molar-refractivity contribution in [3.05, 3.63) is 29.8 Å². The summed E-state index contributed by atoms with van der Waals surface area (Å²) < 4.78 is 5.00. The summed E-state index contributed by atoms with van der Waals surface area (Å²) in [6, 6.07) is 7.41. The molecule has 1 aromatic carbocycles. The van der Waals surface area contributed by atoms with E-state index in [-0.39, 0.29) is 5.95 Å². The molecule has 2 nitrogen and oxygen atoms in total. The van der Waals surface area contributed by atoms with Crippen LogP contribution in [0.5, 0.6) is 5.95 Å². The third-order valence-corrected chi connectivity index (χ3v) is 1.66. The molecule has 0 bridgehead atoms. The topological polar surface area (TPSA) is 33.4 Å². The molecule has 1 N–H and O–H groups in total. The first-order valence-corrected chi connectivity index (χ1v) is 3.45.